The molecule has 0 bridgehead atoms. The van der Waals surface area contributed by atoms with Gasteiger partial charge in [-0.3, -0.25) is 4.79 Å². The van der Waals surface area contributed by atoms with Crippen LogP contribution in [0.5, 0.6) is 0 Å². The van der Waals surface area contributed by atoms with Crippen molar-refractivity contribution in [2.45, 2.75) is 32.7 Å². The van der Waals surface area contributed by atoms with Gasteiger partial charge in [0.05, 0.1) is 5.92 Å². The number of rotatable bonds is 4. The molecule has 1 unspecified atom stereocenters. The molecule has 1 N–H and O–H groups in total. The number of carboxylic acid groups (broad SMARTS) is 1. The predicted octanol–water partition coefficient (Wildman–Crippen LogP) is 3.24. The minimum atomic E-state index is -0.780. The number of carboxylic acids is 1. The van der Waals surface area contributed by atoms with E-state index in [0.29, 0.717) is 0 Å². The number of fused-ring (bicyclic) bond motifs is 1. The molecular weight excluding hydrogens is 214 g/mol. The van der Waals surface area contributed by atoms with Gasteiger partial charge in [0.2, 0.25) is 0 Å². The maximum atomic E-state index is 11.0. The number of benzene rings is 1. The number of aromatic nitrogens is 1. The standard InChI is InChI=1S/C14H17NO2/c1-3-7-15-8-6-11-4-5-12(9-13(11)15)10(2)14(16)17/h4-6,8-10H,3,7H2,1-2H3,(H,16,17). The first-order valence-corrected chi connectivity index (χ1v) is 5.95. The highest BCUT2D eigenvalue weighted by Gasteiger charge is 2.14. The average Bonchev–Trinajstić information content (AvgIpc) is 2.71. The van der Waals surface area contributed by atoms with Crippen molar-refractivity contribution in [1.29, 1.82) is 0 Å². The monoisotopic (exact) mass is 231 g/mol. The van der Waals surface area contributed by atoms with E-state index in [1.54, 1.807) is 6.92 Å². The fraction of sp³-hybridized carbons (Fsp3) is 0.357. The van der Waals surface area contributed by atoms with Crippen molar-refractivity contribution in [2.75, 3.05) is 0 Å². The van der Waals surface area contributed by atoms with Crippen LogP contribution in [-0.4, -0.2) is 15.6 Å². The third-order valence-electron chi connectivity index (χ3n) is 3.13. The Morgan fingerprint density at radius 2 is 2.18 bits per heavy atom. The fourth-order valence-electron chi connectivity index (χ4n) is 2.05. The van der Waals surface area contributed by atoms with Crippen LogP contribution in [0.15, 0.2) is 30.5 Å². The third kappa shape index (κ3) is 2.18. The van der Waals surface area contributed by atoms with E-state index in [-0.39, 0.29) is 0 Å². The Bertz CT molecular complexity index is 542. The highest BCUT2D eigenvalue weighted by molar-refractivity contribution is 5.83. The SMILES string of the molecule is CCCn1ccc2ccc(C(C)C(=O)O)cc21. The van der Waals surface area contributed by atoms with Gasteiger partial charge < -0.3 is 9.67 Å². The Labute approximate surface area is 101 Å². The minimum Gasteiger partial charge on any atom is -0.481 e. The van der Waals surface area contributed by atoms with E-state index in [9.17, 15) is 4.79 Å². The molecule has 2 rings (SSSR count). The molecule has 0 saturated carbocycles. The smallest absolute Gasteiger partial charge is 0.310 e. The summed E-state index contributed by atoms with van der Waals surface area (Å²) in [5.41, 5.74) is 1.98. The van der Waals surface area contributed by atoms with E-state index in [1.807, 2.05) is 18.2 Å². The molecule has 2 aromatic rings. The van der Waals surface area contributed by atoms with E-state index in [1.165, 1.54) is 5.39 Å². The van der Waals surface area contributed by atoms with Crippen molar-refractivity contribution in [2.24, 2.45) is 0 Å². The predicted molar refractivity (Wildman–Crippen MR) is 68.3 cm³/mol. The molecule has 1 aromatic heterocycles. The van der Waals surface area contributed by atoms with Crippen LogP contribution >= 0.6 is 0 Å². The Kier molecular flexibility index (Phi) is 3.18. The van der Waals surface area contributed by atoms with Crippen LogP contribution in [0.3, 0.4) is 0 Å². The van der Waals surface area contributed by atoms with E-state index in [2.05, 4.69) is 23.8 Å². The van der Waals surface area contributed by atoms with Crippen LogP contribution in [0, 0.1) is 0 Å². The molecule has 0 radical (unpaired) electrons. The molecule has 0 spiro atoms. The summed E-state index contributed by atoms with van der Waals surface area (Å²) in [7, 11) is 0. The first kappa shape index (κ1) is 11.7. The maximum Gasteiger partial charge on any atom is 0.310 e. The Morgan fingerprint density at radius 1 is 1.41 bits per heavy atom. The summed E-state index contributed by atoms with van der Waals surface area (Å²) in [6.45, 7) is 4.82. The van der Waals surface area contributed by atoms with Gasteiger partial charge in [0.1, 0.15) is 0 Å². The van der Waals surface area contributed by atoms with E-state index in [0.717, 1.165) is 24.0 Å². The molecule has 17 heavy (non-hydrogen) atoms. The molecule has 0 aliphatic carbocycles. The average molecular weight is 231 g/mol. The fourth-order valence-corrected chi connectivity index (χ4v) is 2.05. The van der Waals surface area contributed by atoms with Crippen molar-refractivity contribution in [1.82, 2.24) is 4.57 Å². The van der Waals surface area contributed by atoms with E-state index >= 15 is 0 Å². The second-order valence-electron chi connectivity index (χ2n) is 4.39. The maximum absolute atomic E-state index is 11.0. The van der Waals surface area contributed by atoms with Crippen LogP contribution < -0.4 is 0 Å². The summed E-state index contributed by atoms with van der Waals surface area (Å²) >= 11 is 0. The number of hydrogen-bond acceptors (Lipinski definition) is 1. The molecule has 1 aromatic carbocycles. The van der Waals surface area contributed by atoms with Crippen LogP contribution in [0.4, 0.5) is 0 Å². The molecule has 3 nitrogen and oxygen atoms in total. The molecule has 0 fully saturated rings. The number of aryl methyl sites for hydroxylation is 1. The molecule has 3 heteroatoms. The topological polar surface area (TPSA) is 42.2 Å². The van der Waals surface area contributed by atoms with Gasteiger partial charge in [-0.05, 0) is 36.4 Å². The second kappa shape index (κ2) is 4.62. The summed E-state index contributed by atoms with van der Waals surface area (Å²) < 4.78 is 2.17. The summed E-state index contributed by atoms with van der Waals surface area (Å²) in [6.07, 6.45) is 3.13. The van der Waals surface area contributed by atoms with Crippen LogP contribution in [0.1, 0.15) is 31.7 Å². The lowest BCUT2D eigenvalue weighted by atomic mass is 10.0. The molecule has 1 atom stereocenters. The molecule has 90 valence electrons. The quantitative estimate of drug-likeness (QED) is 0.877. The van der Waals surface area contributed by atoms with Crippen LogP contribution in [-0.2, 0) is 11.3 Å². The minimum absolute atomic E-state index is 0.454. The molecule has 0 aliphatic heterocycles. The third-order valence-corrected chi connectivity index (χ3v) is 3.13. The largest absolute Gasteiger partial charge is 0.481 e. The Morgan fingerprint density at radius 3 is 2.82 bits per heavy atom. The van der Waals surface area contributed by atoms with Crippen molar-refractivity contribution in [3.8, 4) is 0 Å². The zero-order valence-corrected chi connectivity index (χ0v) is 10.2. The molecule has 0 saturated heterocycles. The summed E-state index contributed by atoms with van der Waals surface area (Å²) in [6, 6.07) is 7.96. The normalized spacial score (nSPS) is 12.8. The number of carbonyl (C=O) groups is 1. The van der Waals surface area contributed by atoms with Gasteiger partial charge in [0, 0.05) is 18.3 Å². The number of nitrogens with zero attached hydrogens (tertiary/aromatic N) is 1. The van der Waals surface area contributed by atoms with Crippen LogP contribution in [0.2, 0.25) is 0 Å². The van der Waals surface area contributed by atoms with Gasteiger partial charge in [-0.2, -0.15) is 0 Å². The molecular formula is C14H17NO2. The lowest BCUT2D eigenvalue weighted by molar-refractivity contribution is -0.138. The highest BCUT2D eigenvalue weighted by Crippen LogP contribution is 2.23. The van der Waals surface area contributed by atoms with Crippen molar-refractivity contribution in [3.05, 3.63) is 36.0 Å². The zero-order chi connectivity index (χ0) is 12.4. The highest BCUT2D eigenvalue weighted by atomic mass is 16.4. The molecule has 0 aliphatic rings. The Balaban J connectivity index is 2.47. The first-order valence-electron chi connectivity index (χ1n) is 5.95. The molecule has 1 heterocycles. The van der Waals surface area contributed by atoms with Gasteiger partial charge in [0.15, 0.2) is 0 Å². The van der Waals surface area contributed by atoms with Crippen molar-refractivity contribution < 1.29 is 9.90 Å². The van der Waals surface area contributed by atoms with Crippen molar-refractivity contribution in [3.63, 3.8) is 0 Å². The lowest BCUT2D eigenvalue weighted by Gasteiger charge is -2.08. The summed E-state index contributed by atoms with van der Waals surface area (Å²) in [5, 5.41) is 10.2. The number of aliphatic carboxylic acids is 1. The Hall–Kier alpha value is -1.77. The van der Waals surface area contributed by atoms with Crippen molar-refractivity contribution >= 4 is 16.9 Å². The van der Waals surface area contributed by atoms with E-state index < -0.39 is 11.9 Å². The number of hydrogen-bond donors (Lipinski definition) is 1. The molecule has 0 amide bonds. The lowest BCUT2D eigenvalue weighted by Crippen LogP contribution is -2.07. The van der Waals surface area contributed by atoms with Gasteiger partial charge in [0.25, 0.3) is 0 Å². The zero-order valence-electron chi connectivity index (χ0n) is 10.2. The van der Waals surface area contributed by atoms with E-state index in [4.69, 9.17) is 5.11 Å². The van der Waals surface area contributed by atoms with Gasteiger partial charge in [-0.1, -0.05) is 19.1 Å². The van der Waals surface area contributed by atoms with Crippen LogP contribution in [0.25, 0.3) is 10.9 Å². The van der Waals surface area contributed by atoms with Gasteiger partial charge in [-0.25, -0.2) is 0 Å². The summed E-state index contributed by atoms with van der Waals surface area (Å²) in [5.74, 6) is -1.23. The second-order valence-corrected chi connectivity index (χ2v) is 4.39. The summed E-state index contributed by atoms with van der Waals surface area (Å²) in [4.78, 5) is 11.0. The van der Waals surface area contributed by atoms with Gasteiger partial charge >= 0.3 is 5.97 Å². The first-order chi connectivity index (χ1) is 8.13. The van der Waals surface area contributed by atoms with Gasteiger partial charge in [-0.15, -0.1) is 0 Å².